The monoisotopic (exact) mass is 409 g/mol. The second-order valence-corrected chi connectivity index (χ2v) is 7.18. The molecule has 2 heterocycles. The van der Waals surface area contributed by atoms with E-state index in [1.54, 1.807) is 30.5 Å². The van der Waals surface area contributed by atoms with E-state index in [4.69, 9.17) is 13.9 Å². The summed E-state index contributed by atoms with van der Waals surface area (Å²) in [6, 6.07) is 3.86. The maximum atomic E-state index is 12.7. The lowest BCUT2D eigenvalue weighted by molar-refractivity contribution is -0.131. The van der Waals surface area contributed by atoms with Crippen LogP contribution in [0.15, 0.2) is 28.2 Å². The fraction of sp³-hybridized carbons (Fsp3) is 0.526. The largest absolute Gasteiger partial charge is 0.446 e. The van der Waals surface area contributed by atoms with Crippen LogP contribution in [0.3, 0.4) is 0 Å². The Balaban J connectivity index is 1.94. The molecule has 0 fully saturated rings. The van der Waals surface area contributed by atoms with Crippen LogP contribution in [0.4, 0.5) is 0 Å². The molecule has 0 aliphatic carbocycles. The lowest BCUT2D eigenvalue weighted by atomic mass is 10.3. The normalized spacial score (nSPS) is 10.8. The Morgan fingerprint density at radius 2 is 2.04 bits per heavy atom. The minimum absolute atomic E-state index is 0.0117. The zero-order valence-corrected chi connectivity index (χ0v) is 17.1. The van der Waals surface area contributed by atoms with E-state index in [1.807, 2.05) is 17.5 Å². The number of hydrogen-bond acceptors (Lipinski definition) is 7. The van der Waals surface area contributed by atoms with Crippen molar-refractivity contribution in [2.24, 2.45) is 0 Å². The maximum Gasteiger partial charge on any atom is 0.273 e. The van der Waals surface area contributed by atoms with Crippen molar-refractivity contribution in [2.75, 3.05) is 40.5 Å². The number of oxazole rings is 1. The van der Waals surface area contributed by atoms with Crippen molar-refractivity contribution in [2.45, 2.75) is 25.8 Å². The van der Waals surface area contributed by atoms with Crippen molar-refractivity contribution in [1.29, 1.82) is 0 Å². The van der Waals surface area contributed by atoms with Gasteiger partial charge in [0.25, 0.3) is 5.91 Å². The van der Waals surface area contributed by atoms with Crippen molar-refractivity contribution in [3.63, 3.8) is 0 Å². The number of nitrogens with zero attached hydrogens (tertiary/aromatic N) is 2. The molecule has 8 nitrogen and oxygen atoms in total. The fourth-order valence-corrected chi connectivity index (χ4v) is 3.22. The van der Waals surface area contributed by atoms with Crippen molar-refractivity contribution >= 4 is 23.2 Å². The zero-order chi connectivity index (χ0) is 20.2. The second kappa shape index (κ2) is 12.3. The van der Waals surface area contributed by atoms with Gasteiger partial charge in [-0.1, -0.05) is 6.07 Å². The summed E-state index contributed by atoms with van der Waals surface area (Å²) >= 11 is 1.55. The smallest absolute Gasteiger partial charge is 0.273 e. The van der Waals surface area contributed by atoms with Gasteiger partial charge in [-0.05, 0) is 24.3 Å². The summed E-state index contributed by atoms with van der Waals surface area (Å²) in [6.45, 7) is 2.37. The Kier molecular flexibility index (Phi) is 9.67. The molecule has 0 saturated carbocycles. The topological polar surface area (TPSA) is 93.9 Å². The molecule has 2 aromatic heterocycles. The van der Waals surface area contributed by atoms with Gasteiger partial charge in [0.05, 0.1) is 13.0 Å². The van der Waals surface area contributed by atoms with Gasteiger partial charge in [0.2, 0.25) is 11.8 Å². The molecule has 9 heteroatoms. The highest BCUT2D eigenvalue weighted by Gasteiger charge is 2.19. The van der Waals surface area contributed by atoms with Crippen LogP contribution >= 0.6 is 11.3 Å². The van der Waals surface area contributed by atoms with Gasteiger partial charge in [-0.25, -0.2) is 4.98 Å². The minimum atomic E-state index is -0.304. The SMILES string of the molecule is COCCCNC(=O)c1coc(CN(CCCOC)C(=O)Cc2cccs2)n1. The van der Waals surface area contributed by atoms with E-state index in [2.05, 4.69) is 10.3 Å². The van der Waals surface area contributed by atoms with E-state index in [-0.39, 0.29) is 24.1 Å². The summed E-state index contributed by atoms with van der Waals surface area (Å²) in [5.74, 6) is 0.0169. The van der Waals surface area contributed by atoms with Crippen LogP contribution in [-0.4, -0.2) is 62.2 Å². The van der Waals surface area contributed by atoms with Gasteiger partial charge in [0, 0.05) is 45.4 Å². The molecule has 0 unspecified atom stereocenters. The molecule has 2 amide bonds. The molecule has 0 aromatic carbocycles. The van der Waals surface area contributed by atoms with E-state index in [0.717, 1.165) is 11.3 Å². The highest BCUT2D eigenvalue weighted by atomic mass is 32.1. The average Bonchev–Trinajstić information content (AvgIpc) is 3.36. The first kappa shape index (κ1) is 22.1. The number of carbonyl (C=O) groups is 2. The van der Waals surface area contributed by atoms with Crippen LogP contribution in [0.1, 0.15) is 34.1 Å². The van der Waals surface area contributed by atoms with Crippen LogP contribution in [-0.2, 0) is 27.2 Å². The van der Waals surface area contributed by atoms with Gasteiger partial charge in [-0.2, -0.15) is 0 Å². The first-order chi connectivity index (χ1) is 13.6. The molecule has 0 bridgehead atoms. The van der Waals surface area contributed by atoms with Gasteiger partial charge >= 0.3 is 0 Å². The molecule has 0 aliphatic heterocycles. The number of methoxy groups -OCH3 is 2. The lowest BCUT2D eigenvalue weighted by Gasteiger charge is -2.20. The first-order valence-corrected chi connectivity index (χ1v) is 10.0. The fourth-order valence-electron chi connectivity index (χ4n) is 2.53. The number of carbonyl (C=O) groups excluding carboxylic acids is 2. The quantitative estimate of drug-likeness (QED) is 0.509. The highest BCUT2D eigenvalue weighted by Crippen LogP contribution is 2.13. The molecule has 0 saturated heterocycles. The van der Waals surface area contributed by atoms with Crippen LogP contribution in [0, 0.1) is 0 Å². The molecule has 0 radical (unpaired) electrons. The van der Waals surface area contributed by atoms with Gasteiger partial charge in [-0.15, -0.1) is 11.3 Å². The molecule has 2 rings (SSSR count). The number of amides is 2. The molecule has 1 N–H and O–H groups in total. The zero-order valence-electron chi connectivity index (χ0n) is 16.3. The second-order valence-electron chi connectivity index (χ2n) is 6.15. The van der Waals surface area contributed by atoms with Gasteiger partial charge in [0.1, 0.15) is 6.26 Å². The number of hydrogen-bond donors (Lipinski definition) is 1. The summed E-state index contributed by atoms with van der Waals surface area (Å²) in [6.07, 6.45) is 3.08. The van der Waals surface area contributed by atoms with Crippen molar-refractivity contribution < 1.29 is 23.5 Å². The highest BCUT2D eigenvalue weighted by molar-refractivity contribution is 7.10. The van der Waals surface area contributed by atoms with Crippen LogP contribution < -0.4 is 5.32 Å². The number of nitrogens with one attached hydrogen (secondary N) is 1. The predicted molar refractivity (Wildman–Crippen MR) is 105 cm³/mol. The van der Waals surface area contributed by atoms with Crippen molar-refractivity contribution in [3.8, 4) is 0 Å². The van der Waals surface area contributed by atoms with E-state index in [1.165, 1.54) is 6.26 Å². The Morgan fingerprint density at radius 1 is 1.25 bits per heavy atom. The molecule has 2 aromatic rings. The molecule has 154 valence electrons. The van der Waals surface area contributed by atoms with E-state index in [0.29, 0.717) is 45.0 Å². The number of ether oxygens (including phenoxy) is 2. The average molecular weight is 410 g/mol. The first-order valence-electron chi connectivity index (χ1n) is 9.14. The Bertz CT molecular complexity index is 717. The van der Waals surface area contributed by atoms with Gasteiger partial charge in [0.15, 0.2) is 5.69 Å². The summed E-state index contributed by atoms with van der Waals surface area (Å²) in [7, 11) is 3.24. The third kappa shape index (κ3) is 7.41. The Hall–Kier alpha value is -2.23. The Labute approximate surface area is 168 Å². The molecular weight excluding hydrogens is 382 g/mol. The predicted octanol–water partition coefficient (Wildman–Crippen LogP) is 2.11. The van der Waals surface area contributed by atoms with Crippen molar-refractivity contribution in [3.05, 3.63) is 40.2 Å². The van der Waals surface area contributed by atoms with Gasteiger partial charge < -0.3 is 24.1 Å². The number of rotatable bonds is 13. The molecule has 0 atom stereocenters. The van der Waals surface area contributed by atoms with Crippen molar-refractivity contribution in [1.82, 2.24) is 15.2 Å². The summed E-state index contributed by atoms with van der Waals surface area (Å²) in [4.78, 5) is 31.7. The summed E-state index contributed by atoms with van der Waals surface area (Å²) in [5, 5.41) is 4.71. The standard InChI is InChI=1S/C19H27N3O5S/c1-25-9-4-7-20-19(24)16-14-27-17(21-16)13-22(8-5-10-26-2)18(23)12-15-6-3-11-28-15/h3,6,11,14H,4-5,7-10,12-13H2,1-2H3,(H,20,24). The molecule has 0 spiro atoms. The Morgan fingerprint density at radius 3 is 2.75 bits per heavy atom. The van der Waals surface area contributed by atoms with Crippen LogP contribution in [0.2, 0.25) is 0 Å². The van der Waals surface area contributed by atoms with E-state index in [9.17, 15) is 9.59 Å². The van der Waals surface area contributed by atoms with Crippen LogP contribution in [0.25, 0.3) is 0 Å². The third-order valence-corrected chi connectivity index (χ3v) is 4.83. The number of aromatic nitrogens is 1. The molecule has 28 heavy (non-hydrogen) atoms. The molecular formula is C19H27N3O5S. The lowest BCUT2D eigenvalue weighted by Crippen LogP contribution is -2.33. The number of thiophene rings is 1. The maximum absolute atomic E-state index is 12.7. The van der Waals surface area contributed by atoms with E-state index < -0.39 is 0 Å². The molecule has 0 aliphatic rings. The summed E-state index contributed by atoms with van der Waals surface area (Å²) < 4.78 is 15.4. The van der Waals surface area contributed by atoms with Gasteiger partial charge in [-0.3, -0.25) is 9.59 Å². The van der Waals surface area contributed by atoms with E-state index >= 15 is 0 Å². The van der Waals surface area contributed by atoms with Crippen LogP contribution in [0.5, 0.6) is 0 Å². The third-order valence-electron chi connectivity index (χ3n) is 3.96. The summed E-state index contributed by atoms with van der Waals surface area (Å²) in [5.41, 5.74) is 0.204. The minimum Gasteiger partial charge on any atom is -0.446 e.